The Bertz CT molecular complexity index is 1250. The van der Waals surface area contributed by atoms with Crippen molar-refractivity contribution in [2.24, 2.45) is 0 Å². The zero-order chi connectivity index (χ0) is 23.2. The fourth-order valence-corrected chi connectivity index (χ4v) is 4.96. The molecule has 1 aliphatic rings. The van der Waals surface area contributed by atoms with E-state index in [2.05, 4.69) is 0 Å². The summed E-state index contributed by atoms with van der Waals surface area (Å²) < 4.78 is 32.5. The van der Waals surface area contributed by atoms with Crippen LogP contribution in [0.2, 0.25) is 10.0 Å². The number of aliphatic hydroxyl groups is 1. The summed E-state index contributed by atoms with van der Waals surface area (Å²) in [5.41, 5.74) is -0.181. The van der Waals surface area contributed by atoms with E-state index in [1.807, 2.05) is 0 Å². The Hall–Kier alpha value is -2.94. The van der Waals surface area contributed by atoms with Crippen LogP contribution in [0.3, 0.4) is 0 Å². The van der Waals surface area contributed by atoms with Gasteiger partial charge in [-0.3, -0.25) is 14.5 Å². The first-order valence-electron chi connectivity index (χ1n) is 9.07. The van der Waals surface area contributed by atoms with Gasteiger partial charge in [-0.05, 0) is 35.7 Å². The lowest BCUT2D eigenvalue weighted by Gasteiger charge is -2.24. The summed E-state index contributed by atoms with van der Waals surface area (Å²) in [4.78, 5) is 27.5. The van der Waals surface area contributed by atoms with Gasteiger partial charge in [0.05, 0.1) is 22.7 Å². The number of ether oxygens (including phenoxy) is 1. The van der Waals surface area contributed by atoms with E-state index in [0.717, 1.165) is 17.0 Å². The number of nitrogens with zero attached hydrogens (tertiary/aromatic N) is 1. The summed E-state index contributed by atoms with van der Waals surface area (Å²) in [5, 5.41) is 12.9. The standard InChI is InChI=1S/C22H13Cl2F2NO4S/c1-31-21-12(23)7-10(8-13(21)24)19(28)17-18(16-3-2-6-32-16)27(22(30)20(17)29)11-4-5-14(25)15(26)9-11/h2-9,18,28H,1H3/b19-17-. The van der Waals surface area contributed by atoms with Crippen molar-refractivity contribution in [2.45, 2.75) is 6.04 Å². The number of halogens is 4. The third kappa shape index (κ3) is 3.64. The van der Waals surface area contributed by atoms with Gasteiger partial charge in [0.1, 0.15) is 11.8 Å². The number of hydrogen-bond acceptors (Lipinski definition) is 5. The predicted octanol–water partition coefficient (Wildman–Crippen LogP) is 5.97. The van der Waals surface area contributed by atoms with Crippen molar-refractivity contribution in [3.63, 3.8) is 0 Å². The first-order valence-corrected chi connectivity index (χ1v) is 10.7. The molecule has 2 aromatic carbocycles. The van der Waals surface area contributed by atoms with Crippen LogP contribution >= 0.6 is 34.5 Å². The molecule has 1 aromatic heterocycles. The number of amides is 1. The van der Waals surface area contributed by atoms with Gasteiger partial charge < -0.3 is 9.84 Å². The molecule has 0 radical (unpaired) electrons. The Labute approximate surface area is 195 Å². The Kier molecular flexibility index (Phi) is 5.94. The normalized spacial score (nSPS) is 17.8. The highest BCUT2D eigenvalue weighted by molar-refractivity contribution is 7.10. The maximum Gasteiger partial charge on any atom is 0.300 e. The number of rotatable bonds is 4. The first-order chi connectivity index (χ1) is 15.2. The molecule has 0 spiro atoms. The van der Waals surface area contributed by atoms with E-state index < -0.39 is 35.1 Å². The average molecular weight is 496 g/mol. The maximum absolute atomic E-state index is 13.9. The van der Waals surface area contributed by atoms with Crippen LogP contribution in [-0.4, -0.2) is 23.9 Å². The molecule has 3 aromatic rings. The van der Waals surface area contributed by atoms with E-state index in [4.69, 9.17) is 27.9 Å². The van der Waals surface area contributed by atoms with Crippen LogP contribution in [0, 0.1) is 11.6 Å². The van der Waals surface area contributed by atoms with E-state index in [9.17, 15) is 23.5 Å². The lowest BCUT2D eigenvalue weighted by Crippen LogP contribution is -2.29. The number of methoxy groups -OCH3 is 1. The molecule has 5 nitrogen and oxygen atoms in total. The Morgan fingerprint density at radius 1 is 1.09 bits per heavy atom. The van der Waals surface area contributed by atoms with Crippen molar-refractivity contribution in [1.29, 1.82) is 0 Å². The molecule has 10 heteroatoms. The van der Waals surface area contributed by atoms with Gasteiger partial charge in [-0.2, -0.15) is 0 Å². The first kappa shape index (κ1) is 22.3. The molecular weight excluding hydrogens is 483 g/mol. The van der Waals surface area contributed by atoms with Crippen LogP contribution in [0.15, 0.2) is 53.4 Å². The van der Waals surface area contributed by atoms with Crippen molar-refractivity contribution in [1.82, 2.24) is 0 Å². The van der Waals surface area contributed by atoms with Crippen LogP contribution in [0.25, 0.3) is 5.76 Å². The number of carbonyl (C=O) groups is 2. The SMILES string of the molecule is COc1c(Cl)cc(/C(O)=C2/C(=O)C(=O)N(c3ccc(F)c(F)c3)C2c2cccs2)cc1Cl. The second-order valence-corrected chi connectivity index (χ2v) is 8.55. The van der Waals surface area contributed by atoms with Gasteiger partial charge in [0.2, 0.25) is 0 Å². The zero-order valence-electron chi connectivity index (χ0n) is 16.2. The number of Topliss-reactive ketones (excluding diaryl/α,β-unsaturated/α-hetero) is 1. The minimum atomic E-state index is -1.18. The van der Waals surface area contributed by atoms with Crippen LogP contribution in [0.1, 0.15) is 16.5 Å². The molecule has 164 valence electrons. The highest BCUT2D eigenvalue weighted by Gasteiger charge is 2.47. The number of benzene rings is 2. The van der Waals surface area contributed by atoms with Crippen molar-refractivity contribution in [3.8, 4) is 5.75 Å². The number of ketones is 1. The molecule has 1 amide bonds. The lowest BCUT2D eigenvalue weighted by molar-refractivity contribution is -0.132. The van der Waals surface area contributed by atoms with E-state index in [1.54, 1.807) is 17.5 Å². The zero-order valence-corrected chi connectivity index (χ0v) is 18.6. The summed E-state index contributed by atoms with van der Waals surface area (Å²) >= 11 is 13.6. The summed E-state index contributed by atoms with van der Waals surface area (Å²) in [5.74, 6) is -4.60. The third-order valence-electron chi connectivity index (χ3n) is 4.91. The second-order valence-electron chi connectivity index (χ2n) is 6.76. The van der Waals surface area contributed by atoms with E-state index in [0.29, 0.717) is 4.88 Å². The summed E-state index contributed by atoms with van der Waals surface area (Å²) in [6.07, 6.45) is 0. The molecule has 1 fully saturated rings. The topological polar surface area (TPSA) is 66.8 Å². The van der Waals surface area contributed by atoms with Gasteiger partial charge in [-0.15, -0.1) is 11.3 Å². The quantitative estimate of drug-likeness (QED) is 0.275. The van der Waals surface area contributed by atoms with Crippen LogP contribution in [0.5, 0.6) is 5.75 Å². The van der Waals surface area contributed by atoms with E-state index in [1.165, 1.54) is 36.6 Å². The van der Waals surface area contributed by atoms with E-state index in [-0.39, 0.29) is 32.6 Å². The predicted molar refractivity (Wildman–Crippen MR) is 118 cm³/mol. The van der Waals surface area contributed by atoms with Crippen molar-refractivity contribution >= 4 is 57.7 Å². The average Bonchev–Trinajstić information content (AvgIpc) is 3.36. The van der Waals surface area contributed by atoms with Gasteiger partial charge in [0, 0.05) is 22.2 Å². The Morgan fingerprint density at radius 3 is 2.34 bits per heavy atom. The Balaban J connectivity index is 1.94. The summed E-state index contributed by atoms with van der Waals surface area (Å²) in [6.45, 7) is 0. The summed E-state index contributed by atoms with van der Waals surface area (Å²) in [7, 11) is 1.37. The number of thiophene rings is 1. The fourth-order valence-electron chi connectivity index (χ4n) is 3.50. The van der Waals surface area contributed by atoms with Gasteiger partial charge in [0.15, 0.2) is 17.4 Å². The van der Waals surface area contributed by atoms with Gasteiger partial charge in [-0.25, -0.2) is 8.78 Å². The minimum Gasteiger partial charge on any atom is -0.507 e. The number of carbonyl (C=O) groups excluding carboxylic acids is 2. The van der Waals surface area contributed by atoms with Crippen LogP contribution in [0.4, 0.5) is 14.5 Å². The highest BCUT2D eigenvalue weighted by atomic mass is 35.5. The second kappa shape index (κ2) is 8.54. The van der Waals surface area contributed by atoms with E-state index >= 15 is 0 Å². The number of aliphatic hydroxyl groups excluding tert-OH is 1. The van der Waals surface area contributed by atoms with Crippen molar-refractivity contribution < 1.29 is 28.2 Å². The molecule has 0 bridgehead atoms. The smallest absolute Gasteiger partial charge is 0.300 e. The highest BCUT2D eigenvalue weighted by Crippen LogP contribution is 2.45. The van der Waals surface area contributed by atoms with Crippen LogP contribution < -0.4 is 9.64 Å². The molecule has 2 heterocycles. The third-order valence-corrected chi connectivity index (χ3v) is 6.40. The molecule has 4 rings (SSSR count). The largest absolute Gasteiger partial charge is 0.507 e. The van der Waals surface area contributed by atoms with Crippen LogP contribution in [-0.2, 0) is 9.59 Å². The molecular formula is C22H13Cl2F2NO4S. The van der Waals surface area contributed by atoms with Crippen molar-refractivity contribution in [2.75, 3.05) is 12.0 Å². The number of anilines is 1. The minimum absolute atomic E-state index is 0.0331. The molecule has 1 unspecified atom stereocenters. The lowest BCUT2D eigenvalue weighted by atomic mass is 9.99. The Morgan fingerprint density at radius 2 is 1.78 bits per heavy atom. The molecule has 1 atom stereocenters. The van der Waals surface area contributed by atoms with Crippen molar-refractivity contribution in [3.05, 3.63) is 85.5 Å². The molecule has 1 aliphatic heterocycles. The van der Waals surface area contributed by atoms with Gasteiger partial charge >= 0.3 is 0 Å². The number of hydrogen-bond donors (Lipinski definition) is 1. The molecule has 1 saturated heterocycles. The fraction of sp³-hybridized carbons (Fsp3) is 0.0909. The monoisotopic (exact) mass is 495 g/mol. The summed E-state index contributed by atoms with van der Waals surface area (Å²) in [6, 6.07) is 7.85. The molecule has 0 saturated carbocycles. The molecule has 0 aliphatic carbocycles. The maximum atomic E-state index is 13.9. The van der Waals surface area contributed by atoms with Gasteiger partial charge in [-0.1, -0.05) is 29.3 Å². The molecule has 32 heavy (non-hydrogen) atoms. The van der Waals surface area contributed by atoms with Gasteiger partial charge in [0.25, 0.3) is 11.7 Å². The molecule has 1 N–H and O–H groups in total.